The fourth-order valence-electron chi connectivity index (χ4n) is 3.44. The predicted octanol–water partition coefficient (Wildman–Crippen LogP) is 4.56. The van der Waals surface area contributed by atoms with Crippen molar-refractivity contribution in [3.05, 3.63) is 83.1 Å². The maximum absolute atomic E-state index is 12.9. The molecule has 1 unspecified atom stereocenters. The average Bonchev–Trinajstić information content (AvgIpc) is 2.93. The van der Waals surface area contributed by atoms with Crippen molar-refractivity contribution in [1.29, 1.82) is 0 Å². The minimum absolute atomic E-state index is 0.0942. The van der Waals surface area contributed by atoms with Crippen molar-refractivity contribution >= 4 is 11.8 Å². The molecular weight excluding hydrogens is 340 g/mol. The van der Waals surface area contributed by atoms with E-state index in [1.54, 1.807) is 0 Å². The summed E-state index contributed by atoms with van der Waals surface area (Å²) in [5.74, 6) is -1.29. The van der Waals surface area contributed by atoms with Crippen LogP contribution < -0.4 is 0 Å². The molecule has 0 amide bonds. The summed E-state index contributed by atoms with van der Waals surface area (Å²) in [4.78, 5) is 25.1. The van der Waals surface area contributed by atoms with Gasteiger partial charge in [-0.25, -0.2) is 4.79 Å². The molecule has 1 N–H and O–H groups in total. The molecule has 0 bridgehead atoms. The van der Waals surface area contributed by atoms with Crippen molar-refractivity contribution in [3.63, 3.8) is 0 Å². The van der Waals surface area contributed by atoms with Crippen LogP contribution in [-0.4, -0.2) is 23.0 Å². The summed E-state index contributed by atoms with van der Waals surface area (Å²) in [6.45, 7) is 3.95. The lowest BCUT2D eigenvalue weighted by molar-refractivity contribution is -0.141. The van der Waals surface area contributed by atoms with Gasteiger partial charge in [-0.05, 0) is 23.5 Å². The first-order valence-corrected chi connectivity index (χ1v) is 9.24. The van der Waals surface area contributed by atoms with E-state index in [2.05, 4.69) is 0 Å². The average molecular weight is 364 g/mol. The van der Waals surface area contributed by atoms with Crippen molar-refractivity contribution in [2.75, 3.05) is 0 Å². The van der Waals surface area contributed by atoms with Gasteiger partial charge in [0.1, 0.15) is 5.57 Å². The van der Waals surface area contributed by atoms with Crippen LogP contribution in [0.25, 0.3) is 0 Å². The van der Waals surface area contributed by atoms with Gasteiger partial charge in [0.15, 0.2) is 17.6 Å². The van der Waals surface area contributed by atoms with Gasteiger partial charge in [-0.15, -0.1) is 0 Å². The second kappa shape index (κ2) is 8.21. The molecule has 2 aromatic rings. The highest BCUT2D eigenvalue weighted by Crippen LogP contribution is 2.32. The lowest BCUT2D eigenvalue weighted by atomic mass is 9.85. The van der Waals surface area contributed by atoms with Gasteiger partial charge in [-0.1, -0.05) is 74.5 Å². The van der Waals surface area contributed by atoms with E-state index >= 15 is 0 Å². The van der Waals surface area contributed by atoms with Crippen LogP contribution >= 0.6 is 0 Å². The first-order chi connectivity index (χ1) is 13.0. The van der Waals surface area contributed by atoms with Gasteiger partial charge in [0.2, 0.25) is 0 Å². The fraction of sp³-hybridized carbons (Fsp3) is 0.304. The highest BCUT2D eigenvalue weighted by atomic mass is 16.6. The lowest BCUT2D eigenvalue weighted by Gasteiger charge is -2.17. The largest absolute Gasteiger partial charge is 0.507 e. The van der Waals surface area contributed by atoms with Crippen molar-refractivity contribution < 1.29 is 19.4 Å². The Bertz CT molecular complexity index is 798. The van der Waals surface area contributed by atoms with E-state index in [9.17, 15) is 14.7 Å². The van der Waals surface area contributed by atoms with E-state index in [-0.39, 0.29) is 35.4 Å². The van der Waals surface area contributed by atoms with Crippen LogP contribution in [0.3, 0.4) is 0 Å². The molecule has 0 saturated carbocycles. The number of rotatable bonds is 7. The highest BCUT2D eigenvalue weighted by molar-refractivity contribution is 6.19. The molecule has 1 aliphatic heterocycles. The third kappa shape index (κ3) is 4.27. The Labute approximate surface area is 159 Å². The number of carbonyl (C=O) groups is 2. The van der Waals surface area contributed by atoms with Crippen molar-refractivity contribution in [1.82, 2.24) is 0 Å². The van der Waals surface area contributed by atoms with Gasteiger partial charge in [0, 0.05) is 12.3 Å². The van der Waals surface area contributed by atoms with Gasteiger partial charge in [0.25, 0.3) is 0 Å². The standard InChI is InChI=1S/C23H24O4/c1-15(2)13-20-22(25)21(23(26)27-20)19(24)14-18(16-9-5-3-6-10-16)17-11-7-4-8-12-17/h3-12,15,18,20,25H,13-14H2,1-2H3. The molecule has 0 aliphatic carbocycles. The third-order valence-corrected chi connectivity index (χ3v) is 4.77. The zero-order chi connectivity index (χ0) is 19.4. The number of carbonyl (C=O) groups excluding carboxylic acids is 2. The van der Waals surface area contributed by atoms with Crippen molar-refractivity contribution in [3.8, 4) is 0 Å². The van der Waals surface area contributed by atoms with Crippen LogP contribution in [0.1, 0.15) is 43.7 Å². The van der Waals surface area contributed by atoms with Gasteiger partial charge in [0.05, 0.1) is 0 Å². The second-order valence-corrected chi connectivity index (χ2v) is 7.28. The Morgan fingerprint density at radius 3 is 2.00 bits per heavy atom. The van der Waals surface area contributed by atoms with Crippen LogP contribution in [0.4, 0.5) is 0 Å². The maximum Gasteiger partial charge on any atom is 0.346 e. The van der Waals surface area contributed by atoms with Gasteiger partial charge < -0.3 is 9.84 Å². The number of hydrogen-bond donors (Lipinski definition) is 1. The molecular formula is C23H24O4. The fourth-order valence-corrected chi connectivity index (χ4v) is 3.44. The molecule has 3 rings (SSSR count). The Hall–Kier alpha value is -2.88. The molecule has 0 radical (unpaired) electrons. The van der Waals surface area contributed by atoms with E-state index in [4.69, 9.17) is 4.74 Å². The van der Waals surface area contributed by atoms with Crippen molar-refractivity contribution in [2.45, 2.75) is 38.7 Å². The number of hydrogen-bond acceptors (Lipinski definition) is 4. The van der Waals surface area contributed by atoms with Gasteiger partial charge in [-0.3, -0.25) is 4.79 Å². The monoisotopic (exact) mass is 364 g/mol. The van der Waals surface area contributed by atoms with E-state index in [0.29, 0.717) is 6.42 Å². The van der Waals surface area contributed by atoms with Crippen LogP contribution in [0.2, 0.25) is 0 Å². The quantitative estimate of drug-likeness (QED) is 0.578. The number of benzene rings is 2. The second-order valence-electron chi connectivity index (χ2n) is 7.28. The van der Waals surface area contributed by atoms with Crippen LogP contribution in [-0.2, 0) is 14.3 Å². The Morgan fingerprint density at radius 1 is 1.00 bits per heavy atom. The van der Waals surface area contributed by atoms with Crippen LogP contribution in [0.5, 0.6) is 0 Å². The summed E-state index contributed by atoms with van der Waals surface area (Å²) in [6.07, 6.45) is -0.130. The minimum atomic E-state index is -0.719. The zero-order valence-corrected chi connectivity index (χ0v) is 15.6. The molecule has 140 valence electrons. The predicted molar refractivity (Wildman–Crippen MR) is 103 cm³/mol. The molecule has 0 spiro atoms. The smallest absolute Gasteiger partial charge is 0.346 e. The Balaban J connectivity index is 1.89. The zero-order valence-electron chi connectivity index (χ0n) is 15.6. The van der Waals surface area contributed by atoms with E-state index in [1.165, 1.54) is 0 Å². The molecule has 27 heavy (non-hydrogen) atoms. The number of ketones is 1. The van der Waals surface area contributed by atoms with E-state index in [0.717, 1.165) is 11.1 Å². The summed E-state index contributed by atoms with van der Waals surface area (Å²) < 4.78 is 5.23. The number of Topliss-reactive ketones (excluding diaryl/α,β-unsaturated/α-hetero) is 1. The number of cyclic esters (lactones) is 1. The number of ether oxygens (including phenoxy) is 1. The Morgan fingerprint density at radius 2 is 1.52 bits per heavy atom. The Kier molecular flexibility index (Phi) is 5.75. The summed E-state index contributed by atoms with van der Waals surface area (Å²) in [5.41, 5.74) is 1.78. The summed E-state index contributed by atoms with van der Waals surface area (Å²) in [7, 11) is 0. The van der Waals surface area contributed by atoms with E-state index < -0.39 is 12.1 Å². The third-order valence-electron chi connectivity index (χ3n) is 4.77. The van der Waals surface area contributed by atoms with Crippen LogP contribution in [0.15, 0.2) is 72.0 Å². The molecule has 4 nitrogen and oxygen atoms in total. The first-order valence-electron chi connectivity index (χ1n) is 9.24. The minimum Gasteiger partial charge on any atom is -0.507 e. The molecule has 0 aromatic heterocycles. The molecule has 1 atom stereocenters. The summed E-state index contributed by atoms with van der Waals surface area (Å²) in [5, 5.41) is 10.4. The molecule has 1 heterocycles. The van der Waals surface area contributed by atoms with Gasteiger partial charge >= 0.3 is 5.97 Å². The van der Waals surface area contributed by atoms with Crippen LogP contribution in [0, 0.1) is 5.92 Å². The summed E-state index contributed by atoms with van der Waals surface area (Å²) in [6, 6.07) is 19.4. The lowest BCUT2D eigenvalue weighted by Crippen LogP contribution is -2.15. The number of aliphatic hydroxyl groups is 1. The van der Waals surface area contributed by atoms with E-state index in [1.807, 2.05) is 74.5 Å². The number of esters is 1. The molecule has 4 heteroatoms. The number of aliphatic hydroxyl groups excluding tert-OH is 1. The first kappa shape index (κ1) is 18.9. The van der Waals surface area contributed by atoms with Crippen molar-refractivity contribution in [2.24, 2.45) is 5.92 Å². The SMILES string of the molecule is CC(C)CC1OC(=O)C(C(=O)CC(c2ccccc2)c2ccccc2)=C1O. The summed E-state index contributed by atoms with van der Waals surface area (Å²) >= 11 is 0. The topological polar surface area (TPSA) is 63.6 Å². The maximum atomic E-state index is 12.9. The molecule has 0 saturated heterocycles. The molecule has 1 aliphatic rings. The molecule has 2 aromatic carbocycles. The van der Waals surface area contributed by atoms with Gasteiger partial charge in [-0.2, -0.15) is 0 Å². The normalized spacial score (nSPS) is 16.9. The highest BCUT2D eigenvalue weighted by Gasteiger charge is 2.39. The molecule has 0 fully saturated rings.